The highest BCUT2D eigenvalue weighted by Crippen LogP contribution is 2.38. The third-order valence-electron chi connectivity index (χ3n) is 3.00. The van der Waals surface area contributed by atoms with Gasteiger partial charge in [-0.25, -0.2) is 0 Å². The minimum absolute atomic E-state index is 0.0390. The van der Waals surface area contributed by atoms with Crippen molar-refractivity contribution in [3.63, 3.8) is 0 Å². The molecule has 6 nitrogen and oxygen atoms in total. The average molecular weight is 298 g/mol. The first-order valence-electron chi connectivity index (χ1n) is 5.84. The third-order valence-corrected chi connectivity index (χ3v) is 3.65. The first-order valence-corrected chi connectivity index (χ1v) is 8.03. The maximum Gasteiger partial charge on any atom is 0.325 e. The Morgan fingerprint density at radius 3 is 2.67 bits per heavy atom. The Kier molecular flexibility index (Phi) is 4.15. The minimum Gasteiger partial charge on any atom is -0.347 e. The van der Waals surface area contributed by atoms with E-state index in [1.807, 2.05) is 0 Å². The summed E-state index contributed by atoms with van der Waals surface area (Å²) in [5.74, 6) is -0.566. The number of halogens is 1. The summed E-state index contributed by atoms with van der Waals surface area (Å²) in [5, 5.41) is 3.31. The number of ether oxygens (including phenoxy) is 2. The van der Waals surface area contributed by atoms with Gasteiger partial charge in [-0.1, -0.05) is 23.2 Å². The largest absolute Gasteiger partial charge is 0.347 e. The molecule has 1 atom stereocenters. The maximum atomic E-state index is 10.8. The van der Waals surface area contributed by atoms with Crippen LogP contribution in [0.1, 0.15) is 32.1 Å². The first kappa shape index (κ1) is 14.0. The van der Waals surface area contributed by atoms with E-state index in [1.54, 1.807) is 0 Å². The molecule has 1 spiro atoms. The van der Waals surface area contributed by atoms with Crippen molar-refractivity contribution in [3.8, 4) is 0 Å². The molecule has 1 saturated heterocycles. The molecular formula is C10H16ClNO5S. The molecule has 1 aliphatic heterocycles. The summed E-state index contributed by atoms with van der Waals surface area (Å²) >= 11 is 5.85. The van der Waals surface area contributed by atoms with Gasteiger partial charge in [-0.2, -0.15) is 8.42 Å². The molecule has 8 heteroatoms. The molecule has 2 rings (SSSR count). The van der Waals surface area contributed by atoms with Crippen LogP contribution in [-0.2, 0) is 23.9 Å². The van der Waals surface area contributed by atoms with Crippen LogP contribution in [-0.4, -0.2) is 38.3 Å². The molecule has 1 unspecified atom stereocenters. The predicted octanol–water partition coefficient (Wildman–Crippen LogP) is 1.59. The van der Waals surface area contributed by atoms with Crippen molar-refractivity contribution in [2.24, 2.45) is 5.16 Å². The number of hydrogen-bond donors (Lipinski definition) is 0. The Morgan fingerprint density at radius 1 is 1.39 bits per heavy atom. The minimum atomic E-state index is -3.65. The van der Waals surface area contributed by atoms with E-state index < -0.39 is 22.0 Å². The normalized spacial score (nSPS) is 28.6. The lowest BCUT2D eigenvalue weighted by Crippen LogP contribution is -2.34. The van der Waals surface area contributed by atoms with Crippen molar-refractivity contribution in [1.82, 2.24) is 0 Å². The fourth-order valence-corrected chi connectivity index (χ4v) is 2.59. The van der Waals surface area contributed by atoms with Gasteiger partial charge < -0.3 is 9.47 Å². The SMILES string of the molecule is CS(=O)(=O)O/N=C(\Cl)C1COC2(CCCCC2)O1. The first-order chi connectivity index (χ1) is 8.40. The van der Waals surface area contributed by atoms with Crippen molar-refractivity contribution in [3.05, 3.63) is 0 Å². The van der Waals surface area contributed by atoms with Crippen LogP contribution in [0.2, 0.25) is 0 Å². The van der Waals surface area contributed by atoms with E-state index in [1.165, 1.54) is 6.42 Å². The summed E-state index contributed by atoms with van der Waals surface area (Å²) in [6.07, 6.45) is 5.31. The molecule has 1 heterocycles. The van der Waals surface area contributed by atoms with E-state index in [0.29, 0.717) is 0 Å². The molecule has 1 saturated carbocycles. The second-order valence-corrected chi connectivity index (χ2v) is 6.53. The van der Waals surface area contributed by atoms with E-state index >= 15 is 0 Å². The lowest BCUT2D eigenvalue weighted by Gasteiger charge is -2.31. The number of hydrogen-bond acceptors (Lipinski definition) is 6. The Bertz CT molecular complexity index is 430. The summed E-state index contributed by atoms with van der Waals surface area (Å²) in [6.45, 7) is 0.273. The van der Waals surface area contributed by atoms with E-state index in [2.05, 4.69) is 9.44 Å². The van der Waals surface area contributed by atoms with Gasteiger partial charge in [-0.3, -0.25) is 4.28 Å². The summed E-state index contributed by atoms with van der Waals surface area (Å²) in [4.78, 5) is 0. The van der Waals surface area contributed by atoms with Gasteiger partial charge in [-0.05, 0) is 12.8 Å². The Hall–Kier alpha value is -0.370. The third kappa shape index (κ3) is 3.57. The Balaban J connectivity index is 1.95. The molecule has 0 radical (unpaired) electrons. The summed E-state index contributed by atoms with van der Waals surface area (Å²) in [7, 11) is -3.65. The second kappa shape index (κ2) is 5.32. The van der Waals surface area contributed by atoms with Crippen LogP contribution in [0, 0.1) is 0 Å². The van der Waals surface area contributed by atoms with Crippen LogP contribution >= 0.6 is 11.6 Å². The van der Waals surface area contributed by atoms with Gasteiger partial charge in [0.05, 0.1) is 12.9 Å². The van der Waals surface area contributed by atoms with Crippen LogP contribution in [0.15, 0.2) is 5.16 Å². The predicted molar refractivity (Wildman–Crippen MR) is 65.9 cm³/mol. The standard InChI is InChI=1S/C10H16ClNO5S/c1-18(13,14)17-12-9(11)8-7-15-10(16-8)5-3-2-4-6-10/h8H,2-7H2,1H3/b12-9-. The highest BCUT2D eigenvalue weighted by molar-refractivity contribution is 7.85. The van der Waals surface area contributed by atoms with Gasteiger partial charge in [0.1, 0.15) is 6.10 Å². The molecule has 104 valence electrons. The van der Waals surface area contributed by atoms with E-state index in [9.17, 15) is 8.42 Å². The molecule has 2 aliphatic rings. The van der Waals surface area contributed by atoms with Gasteiger partial charge in [-0.15, -0.1) is 0 Å². The van der Waals surface area contributed by atoms with Crippen molar-refractivity contribution >= 4 is 26.9 Å². The number of oxime groups is 1. The molecular weight excluding hydrogens is 282 g/mol. The Labute approximate surface area is 111 Å². The topological polar surface area (TPSA) is 74.2 Å². The van der Waals surface area contributed by atoms with Gasteiger partial charge >= 0.3 is 10.1 Å². The quantitative estimate of drug-likeness (QED) is 0.584. The summed E-state index contributed by atoms with van der Waals surface area (Å²) in [6, 6.07) is 0. The zero-order valence-electron chi connectivity index (χ0n) is 10.1. The lowest BCUT2D eigenvalue weighted by atomic mass is 9.94. The van der Waals surface area contributed by atoms with Crippen molar-refractivity contribution < 1.29 is 22.2 Å². The van der Waals surface area contributed by atoms with Crippen LogP contribution in [0.5, 0.6) is 0 Å². The van der Waals surface area contributed by atoms with Crippen LogP contribution in [0.3, 0.4) is 0 Å². The lowest BCUT2D eigenvalue weighted by molar-refractivity contribution is -0.181. The fourth-order valence-electron chi connectivity index (χ4n) is 2.19. The number of rotatable bonds is 3. The fraction of sp³-hybridized carbons (Fsp3) is 0.900. The van der Waals surface area contributed by atoms with E-state index in [0.717, 1.165) is 31.9 Å². The van der Waals surface area contributed by atoms with Crippen molar-refractivity contribution in [2.75, 3.05) is 12.9 Å². The summed E-state index contributed by atoms with van der Waals surface area (Å²) in [5.41, 5.74) is 0. The smallest absolute Gasteiger partial charge is 0.325 e. The molecule has 0 aromatic carbocycles. The second-order valence-electron chi connectivity index (χ2n) is 4.58. The Morgan fingerprint density at radius 2 is 2.06 bits per heavy atom. The molecule has 0 aromatic rings. The zero-order valence-corrected chi connectivity index (χ0v) is 11.7. The molecule has 1 aliphatic carbocycles. The average Bonchev–Trinajstić information content (AvgIpc) is 2.70. The van der Waals surface area contributed by atoms with Crippen LogP contribution in [0.25, 0.3) is 0 Å². The van der Waals surface area contributed by atoms with E-state index in [-0.39, 0.29) is 11.8 Å². The highest BCUT2D eigenvalue weighted by atomic mass is 35.5. The molecule has 0 amide bonds. The molecule has 0 N–H and O–H groups in total. The monoisotopic (exact) mass is 297 g/mol. The summed E-state index contributed by atoms with van der Waals surface area (Å²) < 4.78 is 37.3. The molecule has 18 heavy (non-hydrogen) atoms. The van der Waals surface area contributed by atoms with Crippen LogP contribution < -0.4 is 0 Å². The van der Waals surface area contributed by atoms with Gasteiger partial charge in [0.2, 0.25) is 0 Å². The maximum absolute atomic E-state index is 10.8. The van der Waals surface area contributed by atoms with E-state index in [4.69, 9.17) is 21.1 Å². The van der Waals surface area contributed by atoms with Crippen molar-refractivity contribution in [1.29, 1.82) is 0 Å². The van der Waals surface area contributed by atoms with Gasteiger partial charge in [0.15, 0.2) is 11.0 Å². The molecule has 0 aromatic heterocycles. The molecule has 0 bridgehead atoms. The van der Waals surface area contributed by atoms with Crippen LogP contribution in [0.4, 0.5) is 0 Å². The van der Waals surface area contributed by atoms with Gasteiger partial charge in [0, 0.05) is 12.8 Å². The molecule has 2 fully saturated rings. The highest BCUT2D eigenvalue weighted by Gasteiger charge is 2.43. The van der Waals surface area contributed by atoms with Crippen molar-refractivity contribution in [2.45, 2.75) is 44.0 Å². The van der Waals surface area contributed by atoms with Gasteiger partial charge in [0.25, 0.3) is 0 Å². The number of nitrogens with zero attached hydrogens (tertiary/aromatic N) is 1. The zero-order chi connectivity index (χ0) is 13.2.